The van der Waals surface area contributed by atoms with Gasteiger partial charge in [0.05, 0.1) is 5.69 Å². The highest BCUT2D eigenvalue weighted by molar-refractivity contribution is 6.31. The lowest BCUT2D eigenvalue weighted by Crippen LogP contribution is -2.23. The monoisotopic (exact) mass is 354 g/mol. The summed E-state index contributed by atoms with van der Waals surface area (Å²) < 4.78 is 0. The van der Waals surface area contributed by atoms with Crippen molar-refractivity contribution in [1.29, 1.82) is 0 Å². The van der Waals surface area contributed by atoms with Crippen molar-refractivity contribution in [1.82, 2.24) is 15.0 Å². The lowest BCUT2D eigenvalue weighted by atomic mass is 10.2. The number of guanidine groups is 1. The third-order valence-electron chi connectivity index (χ3n) is 3.46. The fourth-order valence-corrected chi connectivity index (χ4v) is 2.37. The fourth-order valence-electron chi connectivity index (χ4n) is 2.19. The minimum Gasteiger partial charge on any atom is -0.369 e. The Labute approximate surface area is 148 Å². The molecule has 7 nitrogen and oxygen atoms in total. The van der Waals surface area contributed by atoms with Gasteiger partial charge in [-0.25, -0.2) is 4.98 Å². The molecule has 0 spiro atoms. The molecular formula is C17H15ClN6O. The molecule has 4 N–H and O–H groups in total. The zero-order valence-corrected chi connectivity index (χ0v) is 14.1. The topological polar surface area (TPSA) is 109 Å². The zero-order chi connectivity index (χ0) is 17.8. The van der Waals surface area contributed by atoms with Crippen molar-refractivity contribution in [3.8, 4) is 11.3 Å². The van der Waals surface area contributed by atoms with Crippen LogP contribution in [0, 0.1) is 6.92 Å². The number of hydrogen-bond acceptors (Lipinski definition) is 4. The van der Waals surface area contributed by atoms with Crippen LogP contribution in [0.2, 0.25) is 5.02 Å². The highest BCUT2D eigenvalue weighted by atomic mass is 35.5. The van der Waals surface area contributed by atoms with Crippen LogP contribution in [0.5, 0.6) is 0 Å². The van der Waals surface area contributed by atoms with Crippen molar-refractivity contribution >= 4 is 29.2 Å². The first-order valence-electron chi connectivity index (χ1n) is 7.41. The molecule has 3 aromatic rings. The summed E-state index contributed by atoms with van der Waals surface area (Å²) in [6.07, 6.45) is 3.25. The van der Waals surface area contributed by atoms with Gasteiger partial charge in [0.15, 0.2) is 0 Å². The van der Waals surface area contributed by atoms with Gasteiger partial charge in [0.1, 0.15) is 0 Å². The van der Waals surface area contributed by atoms with Crippen LogP contribution in [0.4, 0.5) is 11.6 Å². The molecule has 0 atom stereocenters. The molecule has 2 aromatic heterocycles. The normalized spacial score (nSPS) is 11.4. The van der Waals surface area contributed by atoms with E-state index >= 15 is 0 Å². The molecule has 8 heteroatoms. The standard InChI is InChI=1S/C17H15ClN6O/c1-10-12(18)3-2-4-13(10)21-16(19)24-17-22-14(9-15(25)23-17)11-5-7-20-8-6-11/h2-9H,1H3,(H4,19,21,22,23,24,25). The maximum atomic E-state index is 11.9. The van der Waals surface area contributed by atoms with Crippen molar-refractivity contribution in [2.24, 2.45) is 10.7 Å². The maximum Gasteiger partial charge on any atom is 0.252 e. The molecule has 2 heterocycles. The second kappa shape index (κ2) is 7.14. The Morgan fingerprint density at radius 2 is 2.04 bits per heavy atom. The molecule has 1 aromatic carbocycles. The van der Waals surface area contributed by atoms with Crippen LogP contribution in [-0.2, 0) is 0 Å². The van der Waals surface area contributed by atoms with E-state index in [4.69, 9.17) is 17.3 Å². The highest BCUT2D eigenvalue weighted by Gasteiger charge is 2.06. The summed E-state index contributed by atoms with van der Waals surface area (Å²) in [7, 11) is 0. The van der Waals surface area contributed by atoms with E-state index in [1.165, 1.54) is 6.07 Å². The van der Waals surface area contributed by atoms with Crippen molar-refractivity contribution in [3.63, 3.8) is 0 Å². The summed E-state index contributed by atoms with van der Waals surface area (Å²) in [4.78, 5) is 26.8. The van der Waals surface area contributed by atoms with Gasteiger partial charge in [0.2, 0.25) is 11.9 Å². The molecule has 126 valence electrons. The molecule has 0 bridgehead atoms. The molecule has 0 fully saturated rings. The molecule has 0 radical (unpaired) electrons. The van der Waals surface area contributed by atoms with Crippen LogP contribution in [0.3, 0.4) is 0 Å². The molecule has 3 rings (SSSR count). The summed E-state index contributed by atoms with van der Waals surface area (Å²) in [5.74, 6) is 0.185. The summed E-state index contributed by atoms with van der Waals surface area (Å²) in [6.45, 7) is 1.86. The van der Waals surface area contributed by atoms with Crippen LogP contribution >= 0.6 is 11.6 Å². The lowest BCUT2D eigenvalue weighted by molar-refractivity contribution is 1.09. The molecule has 0 aliphatic rings. The third kappa shape index (κ3) is 4.02. The maximum absolute atomic E-state index is 11.9. The van der Waals surface area contributed by atoms with Gasteiger partial charge in [-0.15, -0.1) is 0 Å². The summed E-state index contributed by atoms with van der Waals surface area (Å²) >= 11 is 6.08. The highest BCUT2D eigenvalue weighted by Crippen LogP contribution is 2.23. The van der Waals surface area contributed by atoms with Gasteiger partial charge in [-0.2, -0.15) is 4.99 Å². The van der Waals surface area contributed by atoms with E-state index in [2.05, 4.69) is 25.3 Å². The SMILES string of the molecule is Cc1c(Cl)cccc1NC(N)=Nc1nc(-c2ccncc2)cc(=O)[nH]1. The number of H-pyrrole nitrogens is 1. The first kappa shape index (κ1) is 16.7. The Balaban J connectivity index is 1.91. The summed E-state index contributed by atoms with van der Waals surface area (Å²) in [5.41, 5.74) is 8.40. The molecule has 0 unspecified atom stereocenters. The molecule has 0 amide bonds. The lowest BCUT2D eigenvalue weighted by Gasteiger charge is -2.09. The van der Waals surface area contributed by atoms with E-state index in [-0.39, 0.29) is 17.5 Å². The number of pyridine rings is 1. The predicted molar refractivity (Wildman–Crippen MR) is 99.2 cm³/mol. The molecule has 0 saturated heterocycles. The number of rotatable bonds is 3. The number of benzene rings is 1. The minimum absolute atomic E-state index is 0.0837. The fraction of sp³-hybridized carbons (Fsp3) is 0.0588. The Hall–Kier alpha value is -3.19. The number of aliphatic imine (C=N–C) groups is 1. The molecular weight excluding hydrogens is 340 g/mol. The Morgan fingerprint density at radius 3 is 2.80 bits per heavy atom. The van der Waals surface area contributed by atoms with E-state index in [0.717, 1.165) is 16.8 Å². The predicted octanol–water partition coefficient (Wildman–Crippen LogP) is 2.85. The quantitative estimate of drug-likeness (QED) is 0.495. The summed E-state index contributed by atoms with van der Waals surface area (Å²) in [5, 5.41) is 3.56. The third-order valence-corrected chi connectivity index (χ3v) is 3.87. The van der Waals surface area contributed by atoms with Gasteiger partial charge in [0.25, 0.3) is 5.56 Å². The number of hydrogen-bond donors (Lipinski definition) is 3. The van der Waals surface area contributed by atoms with Gasteiger partial charge < -0.3 is 11.1 Å². The molecule has 0 aliphatic carbocycles. The second-order valence-electron chi connectivity index (χ2n) is 5.22. The smallest absolute Gasteiger partial charge is 0.252 e. The van der Waals surface area contributed by atoms with Crippen molar-refractivity contribution in [2.45, 2.75) is 6.92 Å². The number of aromatic amines is 1. The number of nitrogens with two attached hydrogens (primary N) is 1. The number of aromatic nitrogens is 3. The van der Waals surface area contributed by atoms with Gasteiger partial charge in [-0.05, 0) is 36.8 Å². The Kier molecular flexibility index (Phi) is 4.76. The number of nitrogens with zero attached hydrogens (tertiary/aromatic N) is 3. The van der Waals surface area contributed by atoms with Crippen LogP contribution in [0.15, 0.2) is 58.6 Å². The first-order chi connectivity index (χ1) is 12.0. The Bertz CT molecular complexity index is 984. The number of anilines is 1. The second-order valence-corrected chi connectivity index (χ2v) is 5.63. The van der Waals surface area contributed by atoms with E-state index in [1.807, 2.05) is 13.0 Å². The van der Waals surface area contributed by atoms with Gasteiger partial charge in [0, 0.05) is 34.7 Å². The molecule has 0 saturated carbocycles. The van der Waals surface area contributed by atoms with Crippen molar-refractivity contribution in [3.05, 3.63) is 69.7 Å². The number of halogens is 1. The van der Waals surface area contributed by atoms with E-state index in [9.17, 15) is 4.79 Å². The largest absolute Gasteiger partial charge is 0.369 e. The minimum atomic E-state index is -0.327. The molecule has 0 aliphatic heterocycles. The average molecular weight is 355 g/mol. The first-order valence-corrected chi connectivity index (χ1v) is 7.79. The van der Waals surface area contributed by atoms with E-state index < -0.39 is 0 Å². The van der Waals surface area contributed by atoms with Crippen LogP contribution < -0.4 is 16.6 Å². The number of nitrogens with one attached hydrogen (secondary N) is 2. The van der Waals surface area contributed by atoms with Gasteiger partial charge >= 0.3 is 0 Å². The Morgan fingerprint density at radius 1 is 1.28 bits per heavy atom. The average Bonchev–Trinajstić information content (AvgIpc) is 2.59. The van der Waals surface area contributed by atoms with Crippen molar-refractivity contribution < 1.29 is 0 Å². The van der Waals surface area contributed by atoms with E-state index in [1.54, 1.807) is 36.7 Å². The zero-order valence-electron chi connectivity index (χ0n) is 13.3. The summed E-state index contributed by atoms with van der Waals surface area (Å²) in [6, 6.07) is 10.3. The van der Waals surface area contributed by atoms with Crippen molar-refractivity contribution in [2.75, 3.05) is 5.32 Å². The van der Waals surface area contributed by atoms with Crippen LogP contribution in [0.25, 0.3) is 11.3 Å². The molecule has 25 heavy (non-hydrogen) atoms. The van der Waals surface area contributed by atoms with Crippen LogP contribution in [0.1, 0.15) is 5.56 Å². The van der Waals surface area contributed by atoms with Gasteiger partial charge in [-0.3, -0.25) is 14.8 Å². The van der Waals surface area contributed by atoms with E-state index in [0.29, 0.717) is 10.7 Å². The van der Waals surface area contributed by atoms with Gasteiger partial charge in [-0.1, -0.05) is 17.7 Å². The van der Waals surface area contributed by atoms with Crippen LogP contribution in [-0.4, -0.2) is 20.9 Å².